The first-order chi connectivity index (χ1) is 15.9. The number of hydrazine groups is 1. The molecule has 9 heteroatoms. The van der Waals surface area contributed by atoms with Crippen LogP contribution < -0.4 is 15.8 Å². The fourth-order valence-electron chi connectivity index (χ4n) is 5.56. The van der Waals surface area contributed by atoms with Gasteiger partial charge in [0.15, 0.2) is 0 Å². The molecule has 2 atom stereocenters. The van der Waals surface area contributed by atoms with E-state index in [2.05, 4.69) is 16.0 Å². The molecule has 3 aliphatic heterocycles. The number of aryl methyl sites for hydroxylation is 1. The van der Waals surface area contributed by atoms with Gasteiger partial charge in [-0.25, -0.2) is 9.82 Å². The molecule has 2 fully saturated rings. The number of nitrogens with zero attached hydrogens (tertiary/aromatic N) is 4. The molecule has 8 nitrogen and oxygen atoms in total. The highest BCUT2D eigenvalue weighted by Gasteiger charge is 2.35. The van der Waals surface area contributed by atoms with Crippen LogP contribution in [0.25, 0.3) is 0 Å². The fourth-order valence-corrected chi connectivity index (χ4v) is 5.56. The summed E-state index contributed by atoms with van der Waals surface area (Å²) >= 11 is 0. The second kappa shape index (κ2) is 8.87. The summed E-state index contributed by atoms with van der Waals surface area (Å²) in [5, 5.41) is 4.10. The summed E-state index contributed by atoms with van der Waals surface area (Å²) in [5.41, 5.74) is 9.15. The monoisotopic (exact) mass is 454 g/mol. The molecular formula is C24H31FN6O2. The van der Waals surface area contributed by atoms with Gasteiger partial charge in [-0.05, 0) is 43.6 Å². The van der Waals surface area contributed by atoms with Gasteiger partial charge in [0.05, 0.1) is 17.8 Å². The number of rotatable bonds is 4. The molecule has 33 heavy (non-hydrogen) atoms. The van der Waals surface area contributed by atoms with Crippen molar-refractivity contribution in [3.63, 3.8) is 0 Å². The normalized spacial score (nSPS) is 23.8. The Morgan fingerprint density at radius 2 is 2.00 bits per heavy atom. The number of amides is 2. The van der Waals surface area contributed by atoms with Crippen LogP contribution in [0.1, 0.15) is 53.2 Å². The maximum absolute atomic E-state index is 15.5. The molecule has 2 amide bonds. The summed E-state index contributed by atoms with van der Waals surface area (Å²) in [7, 11) is 3.52. The highest BCUT2D eigenvalue weighted by atomic mass is 19.1. The zero-order valence-electron chi connectivity index (χ0n) is 19.2. The molecule has 1 aromatic carbocycles. The average Bonchev–Trinajstić information content (AvgIpc) is 3.46. The Labute approximate surface area is 193 Å². The first-order valence-corrected chi connectivity index (χ1v) is 11.8. The number of halogens is 1. The molecule has 3 aliphatic rings. The Morgan fingerprint density at radius 3 is 2.73 bits per heavy atom. The minimum atomic E-state index is -0.185. The van der Waals surface area contributed by atoms with Gasteiger partial charge in [-0.15, -0.1) is 0 Å². The number of carbonyl (C=O) groups excluding carboxylic acids is 2. The van der Waals surface area contributed by atoms with Crippen molar-refractivity contribution in [2.45, 2.75) is 38.1 Å². The van der Waals surface area contributed by atoms with Gasteiger partial charge in [-0.3, -0.25) is 19.7 Å². The van der Waals surface area contributed by atoms with Crippen molar-refractivity contribution >= 4 is 17.5 Å². The number of fused-ring (bicyclic) bond motifs is 1. The molecule has 5 rings (SSSR count). The lowest BCUT2D eigenvalue weighted by Crippen LogP contribution is -2.39. The number of aromatic nitrogens is 2. The molecule has 2 aromatic rings. The standard InChI is InChI=1S/C24H31FN6O2/c1-29-14-17(13-27-29)24(33)31-9-7-15(8-10-31)11-16-12-26-28-23(16)19-3-5-20-18(22(19)25)4-6-21(32)30(20)2/h3,5,13-16,23,26,28H,4,6-12H2,1-2H3. The van der Waals surface area contributed by atoms with E-state index in [0.717, 1.165) is 38.9 Å². The van der Waals surface area contributed by atoms with E-state index in [4.69, 9.17) is 0 Å². The minimum Gasteiger partial charge on any atom is -0.339 e. The van der Waals surface area contributed by atoms with Crippen molar-refractivity contribution in [1.29, 1.82) is 0 Å². The van der Waals surface area contributed by atoms with Crippen LogP contribution in [0.3, 0.4) is 0 Å². The predicted octanol–water partition coefficient (Wildman–Crippen LogP) is 2.18. The average molecular weight is 455 g/mol. The number of carbonyl (C=O) groups is 2. The Balaban J connectivity index is 1.23. The Bertz CT molecular complexity index is 1060. The van der Waals surface area contributed by atoms with Gasteiger partial charge in [0.2, 0.25) is 5.91 Å². The van der Waals surface area contributed by atoms with E-state index in [9.17, 15) is 9.59 Å². The van der Waals surface area contributed by atoms with Crippen LogP contribution >= 0.6 is 0 Å². The van der Waals surface area contributed by atoms with Crippen LogP contribution in [0.5, 0.6) is 0 Å². The number of benzene rings is 1. The van der Waals surface area contributed by atoms with Gasteiger partial charge in [0.25, 0.3) is 5.91 Å². The summed E-state index contributed by atoms with van der Waals surface area (Å²) in [6.07, 6.45) is 7.07. The maximum atomic E-state index is 15.5. The molecule has 4 heterocycles. The molecule has 0 aliphatic carbocycles. The maximum Gasteiger partial charge on any atom is 0.257 e. The smallest absolute Gasteiger partial charge is 0.257 e. The lowest BCUT2D eigenvalue weighted by molar-refractivity contribution is -0.118. The molecular weight excluding hydrogens is 423 g/mol. The van der Waals surface area contributed by atoms with Gasteiger partial charge in [0, 0.05) is 63.2 Å². The summed E-state index contributed by atoms with van der Waals surface area (Å²) in [5.74, 6) is 0.660. The van der Waals surface area contributed by atoms with Crippen LogP contribution in [0.15, 0.2) is 24.5 Å². The minimum absolute atomic E-state index is 0.0292. The van der Waals surface area contributed by atoms with Crippen LogP contribution in [-0.2, 0) is 18.3 Å². The van der Waals surface area contributed by atoms with E-state index in [-0.39, 0.29) is 29.6 Å². The molecule has 176 valence electrons. The van der Waals surface area contributed by atoms with Crippen molar-refractivity contribution < 1.29 is 14.0 Å². The van der Waals surface area contributed by atoms with Crippen molar-refractivity contribution in [2.24, 2.45) is 18.9 Å². The summed E-state index contributed by atoms with van der Waals surface area (Å²) in [4.78, 5) is 28.1. The highest BCUT2D eigenvalue weighted by Crippen LogP contribution is 2.38. The molecule has 2 saturated heterocycles. The van der Waals surface area contributed by atoms with Gasteiger partial charge >= 0.3 is 0 Å². The predicted molar refractivity (Wildman–Crippen MR) is 122 cm³/mol. The van der Waals surface area contributed by atoms with Crippen LogP contribution in [-0.4, -0.2) is 53.2 Å². The lowest BCUT2D eigenvalue weighted by atomic mass is 9.81. The molecule has 0 saturated carbocycles. The molecule has 0 bridgehead atoms. The molecule has 1 aromatic heterocycles. The fraction of sp³-hybridized carbons (Fsp3) is 0.542. The Hall–Kier alpha value is -2.78. The van der Waals surface area contributed by atoms with Crippen molar-refractivity contribution in [1.82, 2.24) is 25.5 Å². The SMILES string of the molecule is CN1C(=O)CCc2c1ccc(C1NNCC1CC1CCN(C(=O)c3cnn(C)c3)CC1)c2F. The van der Waals surface area contributed by atoms with Gasteiger partial charge in [-0.1, -0.05) is 6.07 Å². The number of piperidine rings is 1. The number of hydrogen-bond donors (Lipinski definition) is 2. The van der Waals surface area contributed by atoms with Crippen LogP contribution in [0.2, 0.25) is 0 Å². The third-order valence-electron chi connectivity index (χ3n) is 7.49. The third kappa shape index (κ3) is 4.15. The summed E-state index contributed by atoms with van der Waals surface area (Å²) in [6, 6.07) is 3.61. The molecule has 0 spiro atoms. The van der Waals surface area contributed by atoms with Gasteiger partial charge in [0.1, 0.15) is 5.82 Å². The number of hydrogen-bond acceptors (Lipinski definition) is 5. The zero-order valence-corrected chi connectivity index (χ0v) is 19.2. The first kappa shape index (κ1) is 22.0. The third-order valence-corrected chi connectivity index (χ3v) is 7.49. The molecule has 2 N–H and O–H groups in total. The molecule has 2 unspecified atom stereocenters. The lowest BCUT2D eigenvalue weighted by Gasteiger charge is -2.34. The Morgan fingerprint density at radius 1 is 1.21 bits per heavy atom. The summed E-state index contributed by atoms with van der Waals surface area (Å²) < 4.78 is 17.2. The molecule has 0 radical (unpaired) electrons. The van der Waals surface area contributed by atoms with Crippen molar-refractivity contribution in [3.8, 4) is 0 Å². The van der Waals surface area contributed by atoms with E-state index in [1.165, 1.54) is 0 Å². The highest BCUT2D eigenvalue weighted by molar-refractivity contribution is 5.96. The second-order valence-electron chi connectivity index (χ2n) is 9.56. The van der Waals surface area contributed by atoms with E-state index in [1.54, 1.807) is 29.0 Å². The van der Waals surface area contributed by atoms with Gasteiger partial charge in [-0.2, -0.15) is 5.10 Å². The number of anilines is 1. The van der Waals surface area contributed by atoms with E-state index < -0.39 is 0 Å². The van der Waals surface area contributed by atoms with E-state index in [1.807, 2.05) is 24.1 Å². The first-order valence-electron chi connectivity index (χ1n) is 11.8. The topological polar surface area (TPSA) is 82.5 Å². The van der Waals surface area contributed by atoms with E-state index in [0.29, 0.717) is 41.1 Å². The quantitative estimate of drug-likeness (QED) is 0.740. The van der Waals surface area contributed by atoms with Crippen molar-refractivity contribution in [3.05, 3.63) is 47.0 Å². The summed E-state index contributed by atoms with van der Waals surface area (Å²) in [6.45, 7) is 2.27. The van der Waals surface area contributed by atoms with Crippen molar-refractivity contribution in [2.75, 3.05) is 31.6 Å². The van der Waals surface area contributed by atoms with Crippen LogP contribution in [0.4, 0.5) is 10.1 Å². The van der Waals surface area contributed by atoms with E-state index >= 15 is 4.39 Å². The second-order valence-corrected chi connectivity index (χ2v) is 9.56. The Kier molecular flexibility index (Phi) is 5.92. The van der Waals surface area contributed by atoms with Gasteiger partial charge < -0.3 is 9.80 Å². The largest absolute Gasteiger partial charge is 0.339 e. The zero-order chi connectivity index (χ0) is 23.1. The van der Waals surface area contributed by atoms with Crippen LogP contribution in [0, 0.1) is 17.7 Å². The number of nitrogens with one attached hydrogen (secondary N) is 2. The number of likely N-dealkylation sites (tertiary alicyclic amines) is 1.